The van der Waals surface area contributed by atoms with Gasteiger partial charge in [0.25, 0.3) is 0 Å². The average Bonchev–Trinajstić information content (AvgIpc) is 2.35. The van der Waals surface area contributed by atoms with Crippen molar-refractivity contribution in [2.24, 2.45) is 5.92 Å². The van der Waals surface area contributed by atoms with Crippen molar-refractivity contribution in [2.75, 3.05) is 26.7 Å². The molecular formula is C14H21FN2. The van der Waals surface area contributed by atoms with Crippen molar-refractivity contribution in [3.05, 3.63) is 35.6 Å². The fraction of sp³-hybridized carbons (Fsp3) is 0.571. The highest BCUT2D eigenvalue weighted by molar-refractivity contribution is 5.17. The van der Waals surface area contributed by atoms with Crippen LogP contribution in [0.2, 0.25) is 0 Å². The van der Waals surface area contributed by atoms with Gasteiger partial charge in [0.15, 0.2) is 0 Å². The highest BCUT2D eigenvalue weighted by Crippen LogP contribution is 2.19. The van der Waals surface area contributed by atoms with E-state index >= 15 is 0 Å². The Balaban J connectivity index is 1.84. The zero-order chi connectivity index (χ0) is 12.1. The van der Waals surface area contributed by atoms with E-state index in [9.17, 15) is 4.39 Å². The molecule has 2 rings (SSSR count). The van der Waals surface area contributed by atoms with E-state index < -0.39 is 0 Å². The van der Waals surface area contributed by atoms with Crippen LogP contribution in [0.5, 0.6) is 0 Å². The topological polar surface area (TPSA) is 15.3 Å². The molecule has 94 valence electrons. The molecule has 1 fully saturated rings. The van der Waals surface area contributed by atoms with Crippen molar-refractivity contribution in [1.82, 2.24) is 10.2 Å². The first-order chi connectivity index (χ1) is 8.29. The second kappa shape index (κ2) is 6.12. The minimum Gasteiger partial charge on any atom is -0.319 e. The summed E-state index contributed by atoms with van der Waals surface area (Å²) in [6, 6.07) is 7.09. The molecule has 0 aliphatic carbocycles. The molecule has 17 heavy (non-hydrogen) atoms. The van der Waals surface area contributed by atoms with Gasteiger partial charge in [-0.05, 0) is 51.5 Å². The number of nitrogens with zero attached hydrogens (tertiary/aromatic N) is 1. The van der Waals surface area contributed by atoms with Gasteiger partial charge in [0.05, 0.1) is 0 Å². The third-order valence-corrected chi connectivity index (χ3v) is 3.55. The monoisotopic (exact) mass is 236 g/mol. The Morgan fingerprint density at radius 1 is 1.29 bits per heavy atom. The van der Waals surface area contributed by atoms with Crippen molar-refractivity contribution < 1.29 is 4.39 Å². The SMILES string of the molecule is CNCC1CCN(Cc2ccccc2F)CC1. The molecule has 0 radical (unpaired) electrons. The molecule has 1 aliphatic heterocycles. The maximum atomic E-state index is 13.5. The van der Waals surface area contributed by atoms with Gasteiger partial charge in [-0.15, -0.1) is 0 Å². The van der Waals surface area contributed by atoms with Crippen LogP contribution in [0, 0.1) is 11.7 Å². The van der Waals surface area contributed by atoms with Crippen LogP contribution in [-0.2, 0) is 6.54 Å². The third kappa shape index (κ3) is 3.51. The van der Waals surface area contributed by atoms with Crippen molar-refractivity contribution >= 4 is 0 Å². The molecule has 0 amide bonds. The van der Waals surface area contributed by atoms with Crippen LogP contribution in [0.4, 0.5) is 4.39 Å². The molecule has 1 N–H and O–H groups in total. The molecule has 2 nitrogen and oxygen atoms in total. The zero-order valence-corrected chi connectivity index (χ0v) is 10.5. The van der Waals surface area contributed by atoms with E-state index in [1.54, 1.807) is 12.1 Å². The molecule has 0 aromatic heterocycles. The lowest BCUT2D eigenvalue weighted by atomic mass is 9.96. The summed E-state index contributed by atoms with van der Waals surface area (Å²) in [7, 11) is 2.01. The molecule has 1 aromatic rings. The van der Waals surface area contributed by atoms with Gasteiger partial charge in [0.1, 0.15) is 5.82 Å². The summed E-state index contributed by atoms with van der Waals surface area (Å²) in [6.07, 6.45) is 2.44. The van der Waals surface area contributed by atoms with Gasteiger partial charge in [-0.3, -0.25) is 4.90 Å². The lowest BCUT2D eigenvalue weighted by Crippen LogP contribution is -2.36. The highest BCUT2D eigenvalue weighted by atomic mass is 19.1. The molecule has 1 heterocycles. The van der Waals surface area contributed by atoms with E-state index in [0.29, 0.717) is 0 Å². The van der Waals surface area contributed by atoms with Crippen LogP contribution < -0.4 is 5.32 Å². The number of hydrogen-bond acceptors (Lipinski definition) is 2. The van der Waals surface area contributed by atoms with E-state index in [1.807, 2.05) is 19.2 Å². The lowest BCUT2D eigenvalue weighted by molar-refractivity contribution is 0.175. The molecule has 0 unspecified atom stereocenters. The summed E-state index contributed by atoms with van der Waals surface area (Å²) >= 11 is 0. The maximum Gasteiger partial charge on any atom is 0.127 e. The van der Waals surface area contributed by atoms with Gasteiger partial charge in [0.2, 0.25) is 0 Å². The van der Waals surface area contributed by atoms with Crippen molar-refractivity contribution in [2.45, 2.75) is 19.4 Å². The molecule has 1 aromatic carbocycles. The summed E-state index contributed by atoms with van der Waals surface area (Å²) in [5.74, 6) is 0.710. The van der Waals surface area contributed by atoms with E-state index in [2.05, 4.69) is 10.2 Å². The first-order valence-electron chi connectivity index (χ1n) is 6.40. The Morgan fingerprint density at radius 2 is 2.00 bits per heavy atom. The number of rotatable bonds is 4. The van der Waals surface area contributed by atoms with Crippen molar-refractivity contribution in [3.8, 4) is 0 Å². The summed E-state index contributed by atoms with van der Waals surface area (Å²) in [6.45, 7) is 4.02. The number of halogens is 1. The Labute approximate surface area is 103 Å². The standard InChI is InChI=1S/C14H21FN2/c1-16-10-12-6-8-17(9-7-12)11-13-4-2-3-5-14(13)15/h2-5,12,16H,6-11H2,1H3. The second-order valence-corrected chi connectivity index (χ2v) is 4.87. The first-order valence-corrected chi connectivity index (χ1v) is 6.40. The van der Waals surface area contributed by atoms with Gasteiger partial charge in [-0.2, -0.15) is 0 Å². The summed E-state index contributed by atoms with van der Waals surface area (Å²) in [5.41, 5.74) is 0.819. The largest absolute Gasteiger partial charge is 0.319 e. The number of likely N-dealkylation sites (tertiary alicyclic amines) is 1. The Kier molecular flexibility index (Phi) is 4.51. The molecule has 0 saturated carbocycles. The highest BCUT2D eigenvalue weighted by Gasteiger charge is 2.19. The predicted octanol–water partition coefficient (Wildman–Crippen LogP) is 2.26. The van der Waals surface area contributed by atoms with E-state index in [-0.39, 0.29) is 5.82 Å². The fourth-order valence-corrected chi connectivity index (χ4v) is 2.50. The van der Waals surface area contributed by atoms with Crippen LogP contribution in [0.25, 0.3) is 0 Å². The quantitative estimate of drug-likeness (QED) is 0.862. The smallest absolute Gasteiger partial charge is 0.127 e. The predicted molar refractivity (Wildman–Crippen MR) is 68.3 cm³/mol. The van der Waals surface area contributed by atoms with E-state index in [1.165, 1.54) is 12.8 Å². The Bertz CT molecular complexity index is 346. The second-order valence-electron chi connectivity index (χ2n) is 4.87. The maximum absolute atomic E-state index is 13.5. The molecule has 0 atom stereocenters. The first kappa shape index (κ1) is 12.5. The van der Waals surface area contributed by atoms with Crippen molar-refractivity contribution in [1.29, 1.82) is 0 Å². The summed E-state index contributed by atoms with van der Waals surface area (Å²) in [4.78, 5) is 2.35. The van der Waals surface area contributed by atoms with Crippen LogP contribution in [0.15, 0.2) is 24.3 Å². The Hall–Kier alpha value is -0.930. The summed E-state index contributed by atoms with van der Waals surface area (Å²) < 4.78 is 13.5. The van der Waals surface area contributed by atoms with Crippen LogP contribution in [0.1, 0.15) is 18.4 Å². The number of benzene rings is 1. The normalized spacial score (nSPS) is 18.5. The van der Waals surface area contributed by atoms with Gasteiger partial charge in [-0.25, -0.2) is 4.39 Å². The van der Waals surface area contributed by atoms with Crippen LogP contribution >= 0.6 is 0 Å². The minimum atomic E-state index is -0.0788. The van der Waals surface area contributed by atoms with Gasteiger partial charge in [-0.1, -0.05) is 18.2 Å². The summed E-state index contributed by atoms with van der Waals surface area (Å²) in [5, 5.41) is 3.23. The molecule has 1 saturated heterocycles. The molecule has 0 bridgehead atoms. The number of hydrogen-bond donors (Lipinski definition) is 1. The number of nitrogens with one attached hydrogen (secondary N) is 1. The Morgan fingerprint density at radius 3 is 2.65 bits per heavy atom. The minimum absolute atomic E-state index is 0.0788. The lowest BCUT2D eigenvalue weighted by Gasteiger charge is -2.31. The molecule has 3 heteroatoms. The molecule has 1 aliphatic rings. The van der Waals surface area contributed by atoms with E-state index in [4.69, 9.17) is 0 Å². The average molecular weight is 236 g/mol. The van der Waals surface area contributed by atoms with Crippen molar-refractivity contribution in [3.63, 3.8) is 0 Å². The fourth-order valence-electron chi connectivity index (χ4n) is 2.50. The third-order valence-electron chi connectivity index (χ3n) is 3.55. The zero-order valence-electron chi connectivity index (χ0n) is 10.5. The van der Waals surface area contributed by atoms with Crippen LogP contribution in [-0.4, -0.2) is 31.6 Å². The van der Waals surface area contributed by atoms with E-state index in [0.717, 1.165) is 37.7 Å². The molecule has 0 spiro atoms. The molecular weight excluding hydrogens is 215 g/mol. The number of piperidine rings is 1. The van der Waals surface area contributed by atoms with Gasteiger partial charge >= 0.3 is 0 Å². The van der Waals surface area contributed by atoms with Crippen LogP contribution in [0.3, 0.4) is 0 Å². The van der Waals surface area contributed by atoms with Gasteiger partial charge < -0.3 is 5.32 Å². The van der Waals surface area contributed by atoms with Gasteiger partial charge in [0, 0.05) is 12.1 Å².